The fourth-order valence-corrected chi connectivity index (χ4v) is 1.96. The second-order valence-corrected chi connectivity index (χ2v) is 3.72. The van der Waals surface area contributed by atoms with E-state index in [0.717, 1.165) is 18.3 Å². The van der Waals surface area contributed by atoms with E-state index in [0.29, 0.717) is 0 Å². The first-order chi connectivity index (χ1) is 7.36. The van der Waals surface area contributed by atoms with Crippen molar-refractivity contribution in [3.63, 3.8) is 0 Å². The summed E-state index contributed by atoms with van der Waals surface area (Å²) >= 11 is 0. The van der Waals surface area contributed by atoms with Crippen molar-refractivity contribution < 1.29 is 4.79 Å². The van der Waals surface area contributed by atoms with Gasteiger partial charge >= 0.3 is 0 Å². The molecule has 0 aliphatic heterocycles. The van der Waals surface area contributed by atoms with Crippen molar-refractivity contribution in [3.8, 4) is 0 Å². The van der Waals surface area contributed by atoms with Crippen molar-refractivity contribution in [3.05, 3.63) is 48.0 Å². The Labute approximate surface area is 89.7 Å². The molecule has 0 saturated heterocycles. The minimum absolute atomic E-state index is 0.0242. The molecule has 0 aromatic heterocycles. The topological polar surface area (TPSA) is 17.1 Å². The molecule has 1 atom stereocenters. The Balaban J connectivity index is 2.64. The minimum atomic E-state index is 0.0242. The van der Waals surface area contributed by atoms with E-state index in [-0.39, 0.29) is 5.92 Å². The molecule has 15 heavy (non-hydrogen) atoms. The molecule has 0 aliphatic carbocycles. The SMILES string of the molecule is CCC(C=O)c1cccc2ccccc12. The molecular weight excluding hydrogens is 184 g/mol. The maximum Gasteiger partial charge on any atom is 0.127 e. The maximum absolute atomic E-state index is 11.0. The smallest absolute Gasteiger partial charge is 0.127 e. The molecule has 0 N–H and O–H groups in total. The van der Waals surface area contributed by atoms with Crippen LogP contribution in [0.1, 0.15) is 24.8 Å². The van der Waals surface area contributed by atoms with Crippen LogP contribution < -0.4 is 0 Å². The van der Waals surface area contributed by atoms with Gasteiger partial charge in [-0.15, -0.1) is 0 Å². The van der Waals surface area contributed by atoms with E-state index in [1.165, 1.54) is 10.8 Å². The zero-order chi connectivity index (χ0) is 10.7. The Hall–Kier alpha value is -1.63. The summed E-state index contributed by atoms with van der Waals surface area (Å²) in [7, 11) is 0. The number of fused-ring (bicyclic) bond motifs is 1. The monoisotopic (exact) mass is 198 g/mol. The van der Waals surface area contributed by atoms with E-state index >= 15 is 0 Å². The van der Waals surface area contributed by atoms with Crippen LogP contribution in [-0.4, -0.2) is 6.29 Å². The predicted molar refractivity (Wildman–Crippen MR) is 63.0 cm³/mol. The highest BCUT2D eigenvalue weighted by atomic mass is 16.1. The number of benzene rings is 2. The lowest BCUT2D eigenvalue weighted by molar-refractivity contribution is -0.109. The number of carbonyl (C=O) groups is 1. The first-order valence-electron chi connectivity index (χ1n) is 5.29. The highest BCUT2D eigenvalue weighted by molar-refractivity contribution is 5.88. The van der Waals surface area contributed by atoms with Crippen LogP contribution in [0.25, 0.3) is 10.8 Å². The molecule has 1 unspecified atom stereocenters. The molecular formula is C14H14O. The van der Waals surface area contributed by atoms with E-state index < -0.39 is 0 Å². The molecule has 0 spiro atoms. The van der Waals surface area contributed by atoms with Crippen molar-refractivity contribution >= 4 is 17.1 Å². The summed E-state index contributed by atoms with van der Waals surface area (Å²) in [5.41, 5.74) is 1.14. The molecule has 1 nitrogen and oxygen atoms in total. The van der Waals surface area contributed by atoms with Crippen LogP contribution in [0.5, 0.6) is 0 Å². The van der Waals surface area contributed by atoms with Crippen LogP contribution >= 0.6 is 0 Å². The molecule has 76 valence electrons. The molecule has 0 aliphatic rings. The van der Waals surface area contributed by atoms with Gasteiger partial charge in [0.05, 0.1) is 0 Å². The van der Waals surface area contributed by atoms with Crippen LogP contribution in [0.3, 0.4) is 0 Å². The number of hydrogen-bond donors (Lipinski definition) is 0. The van der Waals surface area contributed by atoms with Crippen LogP contribution in [0.15, 0.2) is 42.5 Å². The third-order valence-electron chi connectivity index (χ3n) is 2.83. The van der Waals surface area contributed by atoms with Gasteiger partial charge in [-0.1, -0.05) is 49.4 Å². The fraction of sp³-hybridized carbons (Fsp3) is 0.214. The Morgan fingerprint density at radius 3 is 2.60 bits per heavy atom. The Kier molecular flexibility index (Phi) is 2.82. The number of rotatable bonds is 3. The average molecular weight is 198 g/mol. The van der Waals surface area contributed by atoms with Crippen molar-refractivity contribution in [2.45, 2.75) is 19.3 Å². The molecule has 2 aromatic carbocycles. The summed E-state index contributed by atoms with van der Waals surface area (Å²) in [6.45, 7) is 2.04. The summed E-state index contributed by atoms with van der Waals surface area (Å²) in [6, 6.07) is 14.3. The number of hydrogen-bond acceptors (Lipinski definition) is 1. The molecule has 0 bridgehead atoms. The van der Waals surface area contributed by atoms with Gasteiger partial charge in [0.1, 0.15) is 6.29 Å². The number of carbonyl (C=O) groups excluding carboxylic acids is 1. The average Bonchev–Trinajstić information content (AvgIpc) is 2.31. The fourth-order valence-electron chi connectivity index (χ4n) is 1.96. The van der Waals surface area contributed by atoms with E-state index in [1.54, 1.807) is 0 Å². The first kappa shape index (κ1) is 9.91. The van der Waals surface area contributed by atoms with Crippen LogP contribution in [0.2, 0.25) is 0 Å². The lowest BCUT2D eigenvalue weighted by Crippen LogP contribution is -1.98. The third-order valence-corrected chi connectivity index (χ3v) is 2.83. The molecule has 0 fully saturated rings. The zero-order valence-corrected chi connectivity index (χ0v) is 8.81. The van der Waals surface area contributed by atoms with Crippen molar-refractivity contribution in [2.24, 2.45) is 0 Å². The summed E-state index contributed by atoms with van der Waals surface area (Å²) in [4.78, 5) is 11.0. The Morgan fingerprint density at radius 2 is 1.87 bits per heavy atom. The molecule has 0 saturated carbocycles. The predicted octanol–water partition coefficient (Wildman–Crippen LogP) is 3.53. The molecule has 0 radical (unpaired) electrons. The van der Waals surface area contributed by atoms with Crippen LogP contribution in [0, 0.1) is 0 Å². The normalized spacial score (nSPS) is 12.6. The van der Waals surface area contributed by atoms with Gasteiger partial charge in [0.2, 0.25) is 0 Å². The van der Waals surface area contributed by atoms with Gasteiger partial charge in [-0.3, -0.25) is 0 Å². The molecule has 2 aromatic rings. The van der Waals surface area contributed by atoms with Crippen molar-refractivity contribution in [1.29, 1.82) is 0 Å². The van der Waals surface area contributed by atoms with E-state index in [1.807, 2.05) is 31.2 Å². The molecule has 0 heterocycles. The van der Waals surface area contributed by atoms with Crippen molar-refractivity contribution in [1.82, 2.24) is 0 Å². The summed E-state index contributed by atoms with van der Waals surface area (Å²) in [6.07, 6.45) is 1.90. The molecule has 0 amide bonds. The quantitative estimate of drug-likeness (QED) is 0.689. The molecule has 1 heteroatoms. The summed E-state index contributed by atoms with van der Waals surface area (Å²) in [5, 5.41) is 2.40. The van der Waals surface area contributed by atoms with E-state index in [4.69, 9.17) is 0 Å². The summed E-state index contributed by atoms with van der Waals surface area (Å²) < 4.78 is 0. The highest BCUT2D eigenvalue weighted by Gasteiger charge is 2.10. The highest BCUT2D eigenvalue weighted by Crippen LogP contribution is 2.26. The first-order valence-corrected chi connectivity index (χ1v) is 5.29. The van der Waals surface area contributed by atoms with Gasteiger partial charge in [-0.25, -0.2) is 0 Å². The molecule has 2 rings (SSSR count). The summed E-state index contributed by atoms with van der Waals surface area (Å²) in [5.74, 6) is 0.0242. The van der Waals surface area contributed by atoms with Crippen molar-refractivity contribution in [2.75, 3.05) is 0 Å². The van der Waals surface area contributed by atoms with Gasteiger partial charge in [0.25, 0.3) is 0 Å². The Bertz CT molecular complexity index is 468. The van der Waals surface area contributed by atoms with E-state index in [2.05, 4.69) is 18.2 Å². The van der Waals surface area contributed by atoms with E-state index in [9.17, 15) is 4.79 Å². The second-order valence-electron chi connectivity index (χ2n) is 3.72. The lowest BCUT2D eigenvalue weighted by atomic mass is 9.93. The van der Waals surface area contributed by atoms with Gasteiger partial charge in [0, 0.05) is 5.92 Å². The maximum atomic E-state index is 11.0. The Morgan fingerprint density at radius 1 is 1.13 bits per heavy atom. The number of aldehydes is 1. The van der Waals surface area contributed by atoms with Crippen LogP contribution in [0.4, 0.5) is 0 Å². The van der Waals surface area contributed by atoms with Gasteiger partial charge in [-0.05, 0) is 22.8 Å². The second kappa shape index (κ2) is 4.26. The minimum Gasteiger partial charge on any atom is -0.303 e. The van der Waals surface area contributed by atoms with Gasteiger partial charge < -0.3 is 4.79 Å². The van der Waals surface area contributed by atoms with Gasteiger partial charge in [0.15, 0.2) is 0 Å². The lowest BCUT2D eigenvalue weighted by Gasteiger charge is -2.11. The third kappa shape index (κ3) is 1.78. The van der Waals surface area contributed by atoms with Crippen LogP contribution in [-0.2, 0) is 4.79 Å². The standard InChI is InChI=1S/C14H14O/c1-2-11(10-15)13-9-5-7-12-6-3-4-8-14(12)13/h3-11H,2H2,1H3. The zero-order valence-electron chi connectivity index (χ0n) is 8.81. The van der Waals surface area contributed by atoms with Gasteiger partial charge in [-0.2, -0.15) is 0 Å². The largest absolute Gasteiger partial charge is 0.303 e.